The lowest BCUT2D eigenvalue weighted by Gasteiger charge is -2.28. The molecule has 0 bridgehead atoms. The number of urea groups is 1. The summed E-state index contributed by atoms with van der Waals surface area (Å²) in [5, 5.41) is 11.3. The average molecular weight is 312 g/mol. The van der Waals surface area contributed by atoms with Crippen LogP contribution in [0.25, 0.3) is 0 Å². The Morgan fingerprint density at radius 2 is 2.14 bits per heavy atom. The Hall–Kier alpha value is -2.18. The zero-order valence-electron chi connectivity index (χ0n) is 12.2. The normalized spacial score (nSPS) is 16.8. The van der Waals surface area contributed by atoms with Crippen LogP contribution in [0.2, 0.25) is 0 Å². The van der Waals surface area contributed by atoms with Crippen molar-refractivity contribution in [3.8, 4) is 0 Å². The van der Waals surface area contributed by atoms with E-state index in [1.807, 2.05) is 0 Å². The van der Waals surface area contributed by atoms with E-state index in [0.29, 0.717) is 30.4 Å². The van der Waals surface area contributed by atoms with Crippen molar-refractivity contribution in [1.29, 1.82) is 0 Å². The van der Waals surface area contributed by atoms with Crippen molar-refractivity contribution in [1.82, 2.24) is 10.2 Å². The van der Waals surface area contributed by atoms with Gasteiger partial charge in [-0.1, -0.05) is 0 Å². The minimum Gasteiger partial charge on any atom is -0.481 e. The van der Waals surface area contributed by atoms with Crippen molar-refractivity contribution in [2.45, 2.75) is 31.7 Å². The first-order valence-electron chi connectivity index (χ1n) is 7.09. The second kappa shape index (κ2) is 6.72. The molecule has 0 radical (unpaired) electrons. The molecule has 0 saturated carbocycles. The quantitative estimate of drug-likeness (QED) is 0.897. The highest BCUT2D eigenvalue weighted by Crippen LogP contribution is 2.32. The third-order valence-corrected chi connectivity index (χ3v) is 3.80. The number of carbonyl (C=O) groups is 2. The number of hydrogen-bond donors (Lipinski definition) is 2. The number of nitrogens with one attached hydrogen (secondary N) is 1. The number of aliphatic carboxylic acids is 1. The molecule has 120 valence electrons. The van der Waals surface area contributed by atoms with Gasteiger partial charge in [-0.2, -0.15) is 0 Å². The maximum Gasteiger partial charge on any atom is 0.317 e. The number of hydrogen-bond acceptors (Lipinski definition) is 2. The van der Waals surface area contributed by atoms with E-state index in [9.17, 15) is 18.4 Å². The molecule has 1 aromatic rings. The van der Waals surface area contributed by atoms with Gasteiger partial charge in [0, 0.05) is 19.7 Å². The molecule has 5 nitrogen and oxygen atoms in total. The van der Waals surface area contributed by atoms with Crippen LogP contribution < -0.4 is 5.32 Å². The minimum absolute atomic E-state index is 0.0677. The van der Waals surface area contributed by atoms with Crippen LogP contribution in [-0.2, 0) is 11.2 Å². The largest absolute Gasteiger partial charge is 0.481 e. The fourth-order valence-electron chi connectivity index (χ4n) is 2.61. The summed E-state index contributed by atoms with van der Waals surface area (Å²) >= 11 is 0. The molecule has 22 heavy (non-hydrogen) atoms. The van der Waals surface area contributed by atoms with Gasteiger partial charge in [-0.15, -0.1) is 0 Å². The summed E-state index contributed by atoms with van der Waals surface area (Å²) in [7, 11) is 1.48. The molecule has 1 aromatic carbocycles. The van der Waals surface area contributed by atoms with E-state index in [0.717, 1.165) is 6.07 Å². The number of carboxylic acids is 1. The van der Waals surface area contributed by atoms with Crippen LogP contribution >= 0.6 is 0 Å². The number of carbonyl (C=O) groups excluding carboxylic acids is 1. The first-order valence-corrected chi connectivity index (χ1v) is 7.09. The number of amides is 2. The Kier molecular flexibility index (Phi) is 4.95. The molecule has 2 N–H and O–H groups in total. The lowest BCUT2D eigenvalue weighted by atomic mass is 9.87. The van der Waals surface area contributed by atoms with Crippen LogP contribution in [0.5, 0.6) is 0 Å². The van der Waals surface area contributed by atoms with Gasteiger partial charge >= 0.3 is 12.0 Å². The van der Waals surface area contributed by atoms with E-state index in [2.05, 4.69) is 5.32 Å². The average Bonchev–Trinajstić information content (AvgIpc) is 2.45. The lowest BCUT2D eigenvalue weighted by molar-refractivity contribution is -0.137. The first-order chi connectivity index (χ1) is 10.4. The van der Waals surface area contributed by atoms with Gasteiger partial charge in [0.25, 0.3) is 0 Å². The maximum atomic E-state index is 13.8. The van der Waals surface area contributed by atoms with Gasteiger partial charge in [-0.3, -0.25) is 4.79 Å². The van der Waals surface area contributed by atoms with E-state index >= 15 is 0 Å². The van der Waals surface area contributed by atoms with E-state index < -0.39 is 29.7 Å². The first kappa shape index (κ1) is 16.2. The SMILES string of the molecule is CN(CCC(=O)O)C(=O)N[C@@H]1CCCc2c(F)cc(F)cc21. The van der Waals surface area contributed by atoms with E-state index in [4.69, 9.17) is 5.11 Å². The van der Waals surface area contributed by atoms with Crippen LogP contribution in [0.4, 0.5) is 13.6 Å². The molecule has 1 aliphatic rings. The molecule has 2 rings (SSSR count). The van der Waals surface area contributed by atoms with Gasteiger partial charge in [0.15, 0.2) is 0 Å². The highest BCUT2D eigenvalue weighted by Gasteiger charge is 2.26. The molecular weight excluding hydrogens is 294 g/mol. The molecule has 7 heteroatoms. The van der Waals surface area contributed by atoms with Gasteiger partial charge in [-0.25, -0.2) is 13.6 Å². The molecule has 0 unspecified atom stereocenters. The second-order valence-electron chi connectivity index (χ2n) is 5.41. The Morgan fingerprint density at radius 3 is 2.82 bits per heavy atom. The Morgan fingerprint density at radius 1 is 1.41 bits per heavy atom. The van der Waals surface area contributed by atoms with Gasteiger partial charge in [-0.05, 0) is 36.5 Å². The fraction of sp³-hybridized carbons (Fsp3) is 0.467. The molecule has 0 saturated heterocycles. The van der Waals surface area contributed by atoms with E-state index in [1.54, 1.807) is 0 Å². The summed E-state index contributed by atoms with van der Waals surface area (Å²) in [5.41, 5.74) is 0.898. The van der Waals surface area contributed by atoms with Crippen LogP contribution in [-0.4, -0.2) is 35.6 Å². The molecule has 0 aliphatic heterocycles. The zero-order chi connectivity index (χ0) is 16.3. The molecular formula is C15H18F2N2O3. The van der Waals surface area contributed by atoms with Crippen molar-refractivity contribution in [3.05, 3.63) is 34.9 Å². The standard InChI is InChI=1S/C15H18F2N2O3/c1-19(6-5-14(20)21)15(22)18-13-4-2-3-10-11(13)7-9(16)8-12(10)17/h7-8,13H,2-6H2,1H3,(H,18,22)(H,20,21)/t13-/m1/s1. The van der Waals surface area contributed by atoms with Gasteiger partial charge < -0.3 is 15.3 Å². The number of rotatable bonds is 4. The number of fused-ring (bicyclic) bond motifs is 1. The smallest absolute Gasteiger partial charge is 0.317 e. The van der Waals surface area contributed by atoms with E-state index in [1.165, 1.54) is 18.0 Å². The van der Waals surface area contributed by atoms with Crippen LogP contribution in [0, 0.1) is 11.6 Å². The highest BCUT2D eigenvalue weighted by molar-refractivity contribution is 5.75. The monoisotopic (exact) mass is 312 g/mol. The minimum atomic E-state index is -0.994. The predicted octanol–water partition coefficient (Wildman–Crippen LogP) is 2.46. The van der Waals surface area contributed by atoms with Crippen LogP contribution in [0.3, 0.4) is 0 Å². The third-order valence-electron chi connectivity index (χ3n) is 3.80. The van der Waals surface area contributed by atoms with Gasteiger partial charge in [0.05, 0.1) is 12.5 Å². The molecule has 2 amide bonds. The molecule has 0 aromatic heterocycles. The molecule has 0 spiro atoms. The van der Waals surface area contributed by atoms with Crippen molar-refractivity contribution in [2.75, 3.05) is 13.6 Å². The number of benzene rings is 1. The predicted molar refractivity (Wildman–Crippen MR) is 75.5 cm³/mol. The topological polar surface area (TPSA) is 69.6 Å². The zero-order valence-corrected chi connectivity index (χ0v) is 12.2. The van der Waals surface area contributed by atoms with Gasteiger partial charge in [0.2, 0.25) is 0 Å². The number of nitrogens with zero attached hydrogens (tertiary/aromatic N) is 1. The molecule has 1 atom stereocenters. The number of carboxylic acid groups (broad SMARTS) is 1. The summed E-state index contributed by atoms with van der Waals surface area (Å²) in [6.45, 7) is 0.0677. The summed E-state index contributed by atoms with van der Waals surface area (Å²) < 4.78 is 27.2. The van der Waals surface area contributed by atoms with Crippen LogP contribution in [0.1, 0.15) is 36.4 Å². The lowest BCUT2D eigenvalue weighted by Crippen LogP contribution is -2.41. The summed E-state index contributed by atoms with van der Waals surface area (Å²) in [6, 6.07) is 1.18. The molecule has 0 heterocycles. The fourth-order valence-corrected chi connectivity index (χ4v) is 2.61. The van der Waals surface area contributed by atoms with Crippen molar-refractivity contribution < 1.29 is 23.5 Å². The molecule has 1 aliphatic carbocycles. The van der Waals surface area contributed by atoms with Crippen LogP contribution in [0.15, 0.2) is 12.1 Å². The Balaban J connectivity index is 2.09. The van der Waals surface area contributed by atoms with Gasteiger partial charge in [0.1, 0.15) is 11.6 Å². The van der Waals surface area contributed by atoms with Crippen molar-refractivity contribution >= 4 is 12.0 Å². The molecule has 0 fully saturated rings. The highest BCUT2D eigenvalue weighted by atomic mass is 19.1. The summed E-state index contributed by atoms with van der Waals surface area (Å²) in [4.78, 5) is 23.8. The second-order valence-corrected chi connectivity index (χ2v) is 5.41. The summed E-state index contributed by atoms with van der Waals surface area (Å²) in [5.74, 6) is -2.25. The van der Waals surface area contributed by atoms with E-state index in [-0.39, 0.29) is 13.0 Å². The Bertz CT molecular complexity index is 592. The van der Waals surface area contributed by atoms with Crippen molar-refractivity contribution in [2.24, 2.45) is 0 Å². The maximum absolute atomic E-state index is 13.8. The van der Waals surface area contributed by atoms with Crippen molar-refractivity contribution in [3.63, 3.8) is 0 Å². The summed E-state index contributed by atoms with van der Waals surface area (Å²) in [6.07, 6.45) is 1.64. The third kappa shape index (κ3) is 3.72. The number of halogens is 2. The Labute approximate surface area is 126 Å².